The van der Waals surface area contributed by atoms with Crippen LogP contribution in [-0.2, 0) is 11.3 Å². The van der Waals surface area contributed by atoms with Gasteiger partial charge in [-0.15, -0.1) is 0 Å². The molecule has 1 heterocycles. The van der Waals surface area contributed by atoms with Gasteiger partial charge in [0.1, 0.15) is 0 Å². The van der Waals surface area contributed by atoms with Gasteiger partial charge in [-0.1, -0.05) is 13.8 Å². The summed E-state index contributed by atoms with van der Waals surface area (Å²) in [7, 11) is 0. The Morgan fingerprint density at radius 1 is 1.44 bits per heavy atom. The molecule has 4 nitrogen and oxygen atoms in total. The van der Waals surface area contributed by atoms with Crippen LogP contribution in [0.4, 0.5) is 0 Å². The highest BCUT2D eigenvalue weighted by molar-refractivity contribution is 5.76. The van der Waals surface area contributed by atoms with Crippen molar-refractivity contribution < 1.29 is 4.79 Å². The van der Waals surface area contributed by atoms with E-state index in [-0.39, 0.29) is 11.9 Å². The Kier molecular flexibility index (Phi) is 4.92. The zero-order valence-electron chi connectivity index (χ0n) is 9.81. The van der Waals surface area contributed by atoms with Crippen molar-refractivity contribution in [3.8, 4) is 0 Å². The first-order chi connectivity index (χ1) is 7.59. The minimum atomic E-state index is -0.0718. The van der Waals surface area contributed by atoms with Gasteiger partial charge in [-0.3, -0.25) is 9.78 Å². The molecule has 0 spiro atoms. The Hall–Kier alpha value is -1.42. The average molecular weight is 221 g/mol. The first-order valence-electron chi connectivity index (χ1n) is 5.50. The Labute approximate surface area is 96.3 Å². The lowest BCUT2D eigenvalue weighted by Crippen LogP contribution is -2.34. The van der Waals surface area contributed by atoms with E-state index in [1.54, 1.807) is 12.4 Å². The van der Waals surface area contributed by atoms with Gasteiger partial charge in [0.05, 0.1) is 0 Å². The first-order valence-corrected chi connectivity index (χ1v) is 5.50. The number of amides is 1. The van der Waals surface area contributed by atoms with Gasteiger partial charge in [-0.2, -0.15) is 0 Å². The van der Waals surface area contributed by atoms with Crippen LogP contribution in [0.2, 0.25) is 0 Å². The van der Waals surface area contributed by atoms with E-state index in [2.05, 4.69) is 10.3 Å². The molecule has 0 aliphatic carbocycles. The van der Waals surface area contributed by atoms with E-state index >= 15 is 0 Å². The molecule has 1 amide bonds. The molecular formula is C12H19N3O. The minimum Gasteiger partial charge on any atom is -0.352 e. The van der Waals surface area contributed by atoms with Crippen molar-refractivity contribution in [1.82, 2.24) is 10.3 Å². The number of aromatic nitrogens is 1. The van der Waals surface area contributed by atoms with Crippen LogP contribution in [0.15, 0.2) is 24.5 Å². The Bertz CT molecular complexity index is 324. The van der Waals surface area contributed by atoms with Crippen LogP contribution in [0.3, 0.4) is 0 Å². The number of rotatable bonds is 5. The van der Waals surface area contributed by atoms with E-state index in [9.17, 15) is 4.79 Å². The lowest BCUT2D eigenvalue weighted by molar-refractivity contribution is -0.121. The van der Waals surface area contributed by atoms with Gasteiger partial charge in [-0.05, 0) is 23.6 Å². The number of nitrogens with zero attached hydrogens (tertiary/aromatic N) is 1. The third kappa shape index (κ3) is 4.40. The monoisotopic (exact) mass is 221 g/mol. The molecule has 1 aromatic rings. The summed E-state index contributed by atoms with van der Waals surface area (Å²) in [6.45, 7) is 4.56. The summed E-state index contributed by atoms with van der Waals surface area (Å²) in [5.41, 5.74) is 6.86. The lowest BCUT2D eigenvalue weighted by atomic mass is 10.0. The van der Waals surface area contributed by atoms with Crippen molar-refractivity contribution in [2.75, 3.05) is 0 Å². The molecule has 0 bridgehead atoms. The van der Waals surface area contributed by atoms with Crippen molar-refractivity contribution in [2.45, 2.75) is 32.9 Å². The highest BCUT2D eigenvalue weighted by Crippen LogP contribution is 2.03. The molecule has 0 saturated carbocycles. The number of pyridine rings is 1. The predicted octanol–water partition coefficient (Wildman–Crippen LogP) is 1.07. The van der Waals surface area contributed by atoms with E-state index in [0.717, 1.165) is 5.56 Å². The van der Waals surface area contributed by atoms with Gasteiger partial charge in [0.15, 0.2) is 0 Å². The van der Waals surface area contributed by atoms with Crippen LogP contribution in [0.25, 0.3) is 0 Å². The predicted molar refractivity (Wildman–Crippen MR) is 63.5 cm³/mol. The Balaban J connectivity index is 2.31. The summed E-state index contributed by atoms with van der Waals surface area (Å²) in [5, 5.41) is 2.84. The smallest absolute Gasteiger partial charge is 0.221 e. The SMILES string of the molecule is CC(C)C(N)CC(=O)NCc1ccncc1. The van der Waals surface area contributed by atoms with Gasteiger partial charge >= 0.3 is 0 Å². The van der Waals surface area contributed by atoms with Crippen molar-refractivity contribution in [3.05, 3.63) is 30.1 Å². The molecule has 0 radical (unpaired) electrons. The second kappa shape index (κ2) is 6.23. The zero-order chi connectivity index (χ0) is 12.0. The minimum absolute atomic E-state index is 0.00184. The van der Waals surface area contributed by atoms with Gasteiger partial charge in [0.2, 0.25) is 5.91 Å². The summed E-state index contributed by atoms with van der Waals surface area (Å²) >= 11 is 0. The normalized spacial score (nSPS) is 12.5. The molecule has 1 aromatic heterocycles. The summed E-state index contributed by atoms with van der Waals surface area (Å²) in [6, 6.07) is 3.68. The van der Waals surface area contributed by atoms with E-state index in [4.69, 9.17) is 5.73 Å². The molecule has 4 heteroatoms. The Morgan fingerprint density at radius 3 is 2.62 bits per heavy atom. The molecule has 0 aliphatic heterocycles. The molecule has 1 unspecified atom stereocenters. The second-order valence-corrected chi connectivity index (χ2v) is 4.24. The van der Waals surface area contributed by atoms with Crippen molar-refractivity contribution in [3.63, 3.8) is 0 Å². The van der Waals surface area contributed by atoms with Crippen LogP contribution < -0.4 is 11.1 Å². The van der Waals surface area contributed by atoms with Gasteiger partial charge in [0.25, 0.3) is 0 Å². The van der Waals surface area contributed by atoms with Crippen LogP contribution in [0.1, 0.15) is 25.8 Å². The topological polar surface area (TPSA) is 68.0 Å². The summed E-state index contributed by atoms with van der Waals surface area (Å²) in [5.74, 6) is 0.324. The molecule has 16 heavy (non-hydrogen) atoms. The molecule has 0 aliphatic rings. The molecule has 0 saturated heterocycles. The van der Waals surface area contributed by atoms with E-state index in [0.29, 0.717) is 18.9 Å². The number of hydrogen-bond acceptors (Lipinski definition) is 3. The molecule has 3 N–H and O–H groups in total. The van der Waals surface area contributed by atoms with E-state index < -0.39 is 0 Å². The maximum Gasteiger partial charge on any atom is 0.221 e. The number of hydrogen-bond donors (Lipinski definition) is 2. The third-order valence-electron chi connectivity index (χ3n) is 2.52. The number of nitrogens with two attached hydrogens (primary N) is 1. The average Bonchev–Trinajstić information content (AvgIpc) is 2.27. The summed E-state index contributed by atoms with van der Waals surface area (Å²) in [4.78, 5) is 15.4. The van der Waals surface area contributed by atoms with Crippen LogP contribution in [0, 0.1) is 5.92 Å². The maximum absolute atomic E-state index is 11.5. The lowest BCUT2D eigenvalue weighted by Gasteiger charge is -2.14. The summed E-state index contributed by atoms with van der Waals surface area (Å²) < 4.78 is 0. The van der Waals surface area contributed by atoms with Gasteiger partial charge < -0.3 is 11.1 Å². The quantitative estimate of drug-likeness (QED) is 0.781. The molecule has 0 fully saturated rings. The molecule has 88 valence electrons. The molecule has 1 rings (SSSR count). The Morgan fingerprint density at radius 2 is 2.06 bits per heavy atom. The first kappa shape index (κ1) is 12.6. The highest BCUT2D eigenvalue weighted by atomic mass is 16.1. The van der Waals surface area contributed by atoms with Crippen LogP contribution in [-0.4, -0.2) is 16.9 Å². The molecule has 1 atom stereocenters. The van der Waals surface area contributed by atoms with Crippen molar-refractivity contribution in [1.29, 1.82) is 0 Å². The highest BCUT2D eigenvalue weighted by Gasteiger charge is 2.12. The fourth-order valence-corrected chi connectivity index (χ4v) is 1.22. The maximum atomic E-state index is 11.5. The fourth-order valence-electron chi connectivity index (χ4n) is 1.22. The summed E-state index contributed by atoms with van der Waals surface area (Å²) in [6.07, 6.45) is 3.80. The van der Waals surface area contributed by atoms with Gasteiger partial charge in [-0.25, -0.2) is 0 Å². The van der Waals surface area contributed by atoms with E-state index in [1.165, 1.54) is 0 Å². The third-order valence-corrected chi connectivity index (χ3v) is 2.52. The number of carbonyl (C=O) groups excluding carboxylic acids is 1. The van der Waals surface area contributed by atoms with Gasteiger partial charge in [0, 0.05) is 31.4 Å². The van der Waals surface area contributed by atoms with Crippen LogP contribution >= 0.6 is 0 Å². The standard InChI is InChI=1S/C12H19N3O/c1-9(2)11(13)7-12(16)15-8-10-3-5-14-6-4-10/h3-6,9,11H,7-8,13H2,1-2H3,(H,15,16). The zero-order valence-corrected chi connectivity index (χ0v) is 9.81. The number of nitrogens with one attached hydrogen (secondary N) is 1. The largest absolute Gasteiger partial charge is 0.352 e. The second-order valence-electron chi connectivity index (χ2n) is 4.24. The van der Waals surface area contributed by atoms with E-state index in [1.807, 2.05) is 26.0 Å². The number of carbonyl (C=O) groups is 1. The van der Waals surface area contributed by atoms with Crippen molar-refractivity contribution >= 4 is 5.91 Å². The van der Waals surface area contributed by atoms with Crippen molar-refractivity contribution in [2.24, 2.45) is 11.7 Å². The van der Waals surface area contributed by atoms with Crippen LogP contribution in [0.5, 0.6) is 0 Å². The molecule has 0 aromatic carbocycles. The molecular weight excluding hydrogens is 202 g/mol. The fraction of sp³-hybridized carbons (Fsp3) is 0.500.